The monoisotopic (exact) mass is 278 g/mol. The zero-order valence-electron chi connectivity index (χ0n) is 12.2. The predicted molar refractivity (Wildman–Crippen MR) is 75.7 cm³/mol. The summed E-state index contributed by atoms with van der Waals surface area (Å²) in [6, 6.07) is 3.23. The predicted octanol–water partition coefficient (Wildman–Crippen LogP) is 2.73. The lowest BCUT2D eigenvalue weighted by atomic mass is 10.1. The first-order valence-electron chi connectivity index (χ1n) is 6.22. The summed E-state index contributed by atoms with van der Waals surface area (Å²) in [6.45, 7) is 5.78. The second-order valence-electron chi connectivity index (χ2n) is 3.86. The van der Waals surface area contributed by atoms with Crippen molar-refractivity contribution in [2.24, 2.45) is 7.05 Å². The van der Waals surface area contributed by atoms with Crippen molar-refractivity contribution in [3.05, 3.63) is 34.1 Å². The highest BCUT2D eigenvalue weighted by molar-refractivity contribution is 5.72. The number of hydrogen-bond donors (Lipinski definition) is 0. The van der Waals surface area contributed by atoms with Gasteiger partial charge in [-0.25, -0.2) is 4.98 Å². The van der Waals surface area contributed by atoms with E-state index in [2.05, 4.69) is 10.1 Å². The van der Waals surface area contributed by atoms with Gasteiger partial charge in [-0.3, -0.25) is 14.8 Å². The van der Waals surface area contributed by atoms with Crippen LogP contribution in [0.2, 0.25) is 0 Å². The molecule has 0 radical (unpaired) electrons. The Hall–Kier alpha value is -2.44. The van der Waals surface area contributed by atoms with E-state index >= 15 is 0 Å². The summed E-state index contributed by atoms with van der Waals surface area (Å²) in [4.78, 5) is 14.6. The SMILES string of the molecule is CC.COc1c(-c2ncn(C)n2)cc(C)cc1[N+](=O)[O-]. The quantitative estimate of drug-likeness (QED) is 0.636. The van der Waals surface area contributed by atoms with Gasteiger partial charge in [0.25, 0.3) is 0 Å². The third-order valence-corrected chi connectivity index (χ3v) is 2.45. The highest BCUT2D eigenvalue weighted by Crippen LogP contribution is 2.37. The van der Waals surface area contributed by atoms with Gasteiger partial charge in [-0.05, 0) is 18.6 Å². The zero-order chi connectivity index (χ0) is 15.3. The number of methoxy groups -OCH3 is 1. The fraction of sp³-hybridized carbons (Fsp3) is 0.385. The molecule has 7 nitrogen and oxygen atoms in total. The third kappa shape index (κ3) is 3.11. The van der Waals surface area contributed by atoms with E-state index in [1.807, 2.05) is 13.8 Å². The van der Waals surface area contributed by atoms with Crippen LogP contribution in [-0.4, -0.2) is 26.8 Å². The molecule has 1 aromatic carbocycles. The van der Waals surface area contributed by atoms with E-state index in [4.69, 9.17) is 4.74 Å². The summed E-state index contributed by atoms with van der Waals surface area (Å²) in [6.07, 6.45) is 1.53. The molecule has 0 amide bonds. The Morgan fingerprint density at radius 2 is 2.00 bits per heavy atom. The summed E-state index contributed by atoms with van der Waals surface area (Å²) >= 11 is 0. The average molecular weight is 278 g/mol. The van der Waals surface area contributed by atoms with Crippen molar-refractivity contribution in [2.75, 3.05) is 7.11 Å². The maximum atomic E-state index is 11.0. The molecule has 0 unspecified atom stereocenters. The van der Waals surface area contributed by atoms with Crippen LogP contribution in [0.5, 0.6) is 5.75 Å². The Balaban J connectivity index is 0.000000956. The minimum atomic E-state index is -0.474. The number of ether oxygens (including phenoxy) is 1. The maximum Gasteiger partial charge on any atom is 0.311 e. The molecule has 20 heavy (non-hydrogen) atoms. The first-order valence-corrected chi connectivity index (χ1v) is 6.22. The smallest absolute Gasteiger partial charge is 0.311 e. The van der Waals surface area contributed by atoms with E-state index < -0.39 is 4.92 Å². The molecule has 0 bridgehead atoms. The fourth-order valence-corrected chi connectivity index (χ4v) is 1.73. The molecule has 0 spiro atoms. The van der Waals surface area contributed by atoms with Gasteiger partial charge in [0.1, 0.15) is 6.33 Å². The van der Waals surface area contributed by atoms with Crippen molar-refractivity contribution in [1.29, 1.82) is 0 Å². The molecule has 0 N–H and O–H groups in total. The van der Waals surface area contributed by atoms with Crippen LogP contribution in [0.25, 0.3) is 11.4 Å². The molecule has 1 heterocycles. The highest BCUT2D eigenvalue weighted by Gasteiger charge is 2.22. The molecule has 0 saturated heterocycles. The minimum Gasteiger partial charge on any atom is -0.490 e. The molecule has 1 aromatic heterocycles. The molecule has 2 aromatic rings. The van der Waals surface area contributed by atoms with Gasteiger partial charge in [-0.15, -0.1) is 0 Å². The number of aryl methyl sites for hydroxylation is 2. The largest absolute Gasteiger partial charge is 0.490 e. The van der Waals surface area contributed by atoms with Crippen LogP contribution in [-0.2, 0) is 7.05 Å². The molecule has 2 rings (SSSR count). The number of hydrogen-bond acceptors (Lipinski definition) is 5. The van der Waals surface area contributed by atoms with Gasteiger partial charge in [-0.1, -0.05) is 13.8 Å². The van der Waals surface area contributed by atoms with E-state index in [0.29, 0.717) is 11.4 Å². The number of nitro groups is 1. The first-order chi connectivity index (χ1) is 9.52. The fourth-order valence-electron chi connectivity index (χ4n) is 1.73. The number of nitrogens with zero attached hydrogens (tertiary/aromatic N) is 4. The molecule has 108 valence electrons. The molecular weight excluding hydrogens is 260 g/mol. The van der Waals surface area contributed by atoms with E-state index in [9.17, 15) is 10.1 Å². The Morgan fingerprint density at radius 1 is 1.35 bits per heavy atom. The van der Waals surface area contributed by atoms with E-state index in [1.54, 1.807) is 20.0 Å². The lowest BCUT2D eigenvalue weighted by molar-refractivity contribution is -0.385. The van der Waals surface area contributed by atoms with Crippen LogP contribution >= 0.6 is 0 Å². The molecule has 0 aliphatic heterocycles. The van der Waals surface area contributed by atoms with E-state index in [-0.39, 0.29) is 11.4 Å². The lowest BCUT2D eigenvalue weighted by Gasteiger charge is -2.07. The van der Waals surface area contributed by atoms with Crippen LogP contribution in [0.15, 0.2) is 18.5 Å². The van der Waals surface area contributed by atoms with Crippen LogP contribution in [0, 0.1) is 17.0 Å². The standard InChI is InChI=1S/C11H12N4O3.C2H6/c1-7-4-8(11-12-6-14(2)13-11)10(18-3)9(5-7)15(16)17;1-2/h4-6H,1-3H3;1-2H3. The third-order valence-electron chi connectivity index (χ3n) is 2.45. The number of benzene rings is 1. The van der Waals surface area contributed by atoms with Gasteiger partial charge >= 0.3 is 5.69 Å². The molecule has 0 saturated carbocycles. The number of nitro benzene ring substituents is 1. The zero-order valence-corrected chi connectivity index (χ0v) is 12.2. The van der Waals surface area contributed by atoms with E-state index in [1.165, 1.54) is 24.2 Å². The Labute approximate surface area is 117 Å². The van der Waals surface area contributed by atoms with Crippen molar-refractivity contribution >= 4 is 5.69 Å². The summed E-state index contributed by atoms with van der Waals surface area (Å²) in [5.41, 5.74) is 1.19. The normalized spacial score (nSPS) is 9.65. The van der Waals surface area contributed by atoms with Crippen molar-refractivity contribution in [1.82, 2.24) is 14.8 Å². The van der Waals surface area contributed by atoms with Crippen LogP contribution in [0.4, 0.5) is 5.69 Å². The molecule has 0 aliphatic carbocycles. The molecular formula is C13H18N4O3. The minimum absolute atomic E-state index is 0.0834. The second kappa shape index (κ2) is 6.65. The Bertz CT molecular complexity index is 608. The topological polar surface area (TPSA) is 83.1 Å². The highest BCUT2D eigenvalue weighted by atomic mass is 16.6. The van der Waals surface area contributed by atoms with Crippen molar-refractivity contribution in [3.63, 3.8) is 0 Å². The van der Waals surface area contributed by atoms with Gasteiger partial charge < -0.3 is 4.74 Å². The Morgan fingerprint density at radius 3 is 2.45 bits per heavy atom. The summed E-state index contributed by atoms with van der Waals surface area (Å²) in [7, 11) is 3.12. The van der Waals surface area contributed by atoms with Crippen LogP contribution in [0.3, 0.4) is 0 Å². The summed E-state index contributed by atoms with van der Waals surface area (Å²) in [5, 5.41) is 15.1. The van der Waals surface area contributed by atoms with Crippen molar-refractivity contribution in [3.8, 4) is 17.1 Å². The molecule has 0 fully saturated rings. The summed E-state index contributed by atoms with van der Waals surface area (Å²) < 4.78 is 6.66. The molecule has 0 aliphatic rings. The number of aromatic nitrogens is 3. The van der Waals surface area contributed by atoms with Gasteiger partial charge in [0.2, 0.25) is 5.75 Å². The summed E-state index contributed by atoms with van der Waals surface area (Å²) in [5.74, 6) is 0.581. The lowest BCUT2D eigenvalue weighted by Crippen LogP contribution is -1.98. The molecule has 0 atom stereocenters. The van der Waals surface area contributed by atoms with Gasteiger partial charge in [0.05, 0.1) is 17.6 Å². The maximum absolute atomic E-state index is 11.0. The van der Waals surface area contributed by atoms with Gasteiger partial charge in [-0.2, -0.15) is 5.10 Å². The van der Waals surface area contributed by atoms with Crippen LogP contribution in [0.1, 0.15) is 19.4 Å². The van der Waals surface area contributed by atoms with E-state index in [0.717, 1.165) is 5.56 Å². The second-order valence-corrected chi connectivity index (χ2v) is 3.86. The molecule has 7 heteroatoms. The first kappa shape index (κ1) is 15.6. The van der Waals surface area contributed by atoms with Gasteiger partial charge in [0, 0.05) is 13.1 Å². The average Bonchev–Trinajstić information content (AvgIpc) is 2.86. The van der Waals surface area contributed by atoms with Crippen molar-refractivity contribution in [2.45, 2.75) is 20.8 Å². The van der Waals surface area contributed by atoms with Crippen molar-refractivity contribution < 1.29 is 9.66 Å². The van der Waals surface area contributed by atoms with Gasteiger partial charge in [0.15, 0.2) is 5.82 Å². The Kier molecular flexibility index (Phi) is 5.19. The van der Waals surface area contributed by atoms with Crippen LogP contribution < -0.4 is 4.74 Å². The number of rotatable bonds is 3.